The van der Waals surface area contributed by atoms with Crippen molar-refractivity contribution in [2.75, 3.05) is 0 Å². The van der Waals surface area contributed by atoms with E-state index in [0.717, 1.165) is 0 Å². The van der Waals surface area contributed by atoms with Crippen molar-refractivity contribution in [3.63, 3.8) is 0 Å². The van der Waals surface area contributed by atoms with E-state index in [4.69, 9.17) is 17.3 Å². The van der Waals surface area contributed by atoms with Gasteiger partial charge in [-0.1, -0.05) is 11.6 Å². The Morgan fingerprint density at radius 2 is 1.81 bits per heavy atom. The lowest BCUT2D eigenvalue weighted by Gasteiger charge is -2.33. The molecule has 6 heteroatoms. The van der Waals surface area contributed by atoms with E-state index < -0.39 is 12.1 Å². The van der Waals surface area contributed by atoms with E-state index in [0.29, 0.717) is 29.8 Å². The van der Waals surface area contributed by atoms with Crippen molar-refractivity contribution in [3.8, 4) is 0 Å². The van der Waals surface area contributed by atoms with Gasteiger partial charge in [-0.2, -0.15) is 13.2 Å². The maximum absolute atomic E-state index is 13.7. The molecule has 0 heterocycles. The number of benzene rings is 1. The zero-order valence-electron chi connectivity index (χ0n) is 11.5. The Balaban J connectivity index is 1.93. The SMILES string of the molecule is NC(Cc1cc(Cl)ccc1F)C1CCC(C(F)(F)F)CC1. The van der Waals surface area contributed by atoms with Crippen molar-refractivity contribution in [2.24, 2.45) is 17.6 Å². The maximum Gasteiger partial charge on any atom is 0.391 e. The van der Waals surface area contributed by atoms with Crippen LogP contribution in [0.15, 0.2) is 18.2 Å². The Bertz CT molecular complexity index is 481. The van der Waals surface area contributed by atoms with Crippen LogP contribution in [0.25, 0.3) is 0 Å². The number of hydrogen-bond donors (Lipinski definition) is 1. The molecule has 0 aliphatic heterocycles. The van der Waals surface area contributed by atoms with Crippen LogP contribution in [-0.2, 0) is 6.42 Å². The van der Waals surface area contributed by atoms with Crippen LogP contribution >= 0.6 is 11.6 Å². The maximum atomic E-state index is 13.7. The van der Waals surface area contributed by atoms with Gasteiger partial charge in [0.25, 0.3) is 0 Å². The summed E-state index contributed by atoms with van der Waals surface area (Å²) >= 11 is 5.82. The van der Waals surface area contributed by atoms with E-state index in [1.807, 2.05) is 0 Å². The molecule has 0 amide bonds. The van der Waals surface area contributed by atoms with Gasteiger partial charge in [-0.25, -0.2) is 4.39 Å². The average molecular weight is 324 g/mol. The second kappa shape index (κ2) is 6.53. The smallest absolute Gasteiger partial charge is 0.327 e. The zero-order chi connectivity index (χ0) is 15.6. The highest BCUT2D eigenvalue weighted by Crippen LogP contribution is 2.40. The summed E-state index contributed by atoms with van der Waals surface area (Å²) in [6.07, 6.45) is -2.72. The number of halogens is 5. The molecule has 1 aliphatic rings. The molecule has 21 heavy (non-hydrogen) atoms. The van der Waals surface area contributed by atoms with Gasteiger partial charge in [-0.05, 0) is 61.8 Å². The molecule has 1 fully saturated rings. The van der Waals surface area contributed by atoms with Crippen LogP contribution < -0.4 is 5.73 Å². The van der Waals surface area contributed by atoms with E-state index >= 15 is 0 Å². The third kappa shape index (κ3) is 4.33. The molecule has 1 atom stereocenters. The van der Waals surface area contributed by atoms with E-state index in [1.165, 1.54) is 18.2 Å². The molecule has 0 spiro atoms. The number of nitrogens with two attached hydrogens (primary N) is 1. The Kier molecular flexibility index (Phi) is 5.15. The molecule has 0 aromatic heterocycles. The van der Waals surface area contributed by atoms with Crippen LogP contribution in [-0.4, -0.2) is 12.2 Å². The highest BCUT2D eigenvalue weighted by molar-refractivity contribution is 6.30. The van der Waals surface area contributed by atoms with Crippen LogP contribution in [0.3, 0.4) is 0 Å². The van der Waals surface area contributed by atoms with E-state index in [-0.39, 0.29) is 30.6 Å². The molecule has 0 bridgehead atoms. The molecule has 1 aromatic rings. The van der Waals surface area contributed by atoms with Gasteiger partial charge in [0, 0.05) is 11.1 Å². The lowest BCUT2D eigenvalue weighted by molar-refractivity contribution is -0.184. The third-order valence-corrected chi connectivity index (χ3v) is 4.54. The minimum absolute atomic E-state index is 0.00183. The van der Waals surface area contributed by atoms with Crippen LogP contribution in [0.2, 0.25) is 5.02 Å². The normalized spacial score (nSPS) is 24.9. The molecular weight excluding hydrogens is 306 g/mol. The van der Waals surface area contributed by atoms with Gasteiger partial charge in [0.15, 0.2) is 0 Å². The first-order valence-corrected chi connectivity index (χ1v) is 7.41. The summed E-state index contributed by atoms with van der Waals surface area (Å²) in [5.74, 6) is -1.59. The number of rotatable bonds is 3. The zero-order valence-corrected chi connectivity index (χ0v) is 12.2. The highest BCUT2D eigenvalue weighted by atomic mass is 35.5. The molecule has 1 aromatic carbocycles. The topological polar surface area (TPSA) is 26.0 Å². The molecule has 2 rings (SSSR count). The van der Waals surface area contributed by atoms with Crippen molar-refractivity contribution in [2.45, 2.75) is 44.3 Å². The summed E-state index contributed by atoms with van der Waals surface area (Å²) in [4.78, 5) is 0. The molecule has 1 nitrogen and oxygen atoms in total. The molecular formula is C15H18ClF4N. The molecule has 1 aliphatic carbocycles. The first-order chi connectivity index (χ1) is 9.77. The lowest BCUT2D eigenvalue weighted by Crippen LogP contribution is -2.37. The number of hydrogen-bond acceptors (Lipinski definition) is 1. The van der Waals surface area contributed by atoms with Gasteiger partial charge < -0.3 is 5.73 Å². The van der Waals surface area contributed by atoms with Gasteiger partial charge in [-0.15, -0.1) is 0 Å². The van der Waals surface area contributed by atoms with Crippen molar-refractivity contribution in [1.29, 1.82) is 0 Å². The summed E-state index contributed by atoms with van der Waals surface area (Å²) < 4.78 is 51.5. The van der Waals surface area contributed by atoms with E-state index in [9.17, 15) is 17.6 Å². The summed E-state index contributed by atoms with van der Waals surface area (Å²) in [5.41, 5.74) is 6.49. The summed E-state index contributed by atoms with van der Waals surface area (Å²) in [6.45, 7) is 0. The van der Waals surface area contributed by atoms with Gasteiger partial charge in [0.2, 0.25) is 0 Å². The Labute approximate surface area is 126 Å². The minimum atomic E-state index is -4.12. The second-order valence-electron chi connectivity index (χ2n) is 5.76. The molecule has 1 saturated carbocycles. The van der Waals surface area contributed by atoms with Crippen molar-refractivity contribution in [1.82, 2.24) is 0 Å². The third-order valence-electron chi connectivity index (χ3n) is 4.30. The summed E-state index contributed by atoms with van der Waals surface area (Å²) in [6, 6.07) is 3.93. The monoisotopic (exact) mass is 323 g/mol. The van der Waals surface area contributed by atoms with Crippen LogP contribution in [0.4, 0.5) is 17.6 Å². The van der Waals surface area contributed by atoms with E-state index in [1.54, 1.807) is 0 Å². The lowest BCUT2D eigenvalue weighted by atomic mass is 9.77. The molecule has 1 unspecified atom stereocenters. The summed E-state index contributed by atoms with van der Waals surface area (Å²) in [5, 5.41) is 0.430. The van der Waals surface area contributed by atoms with E-state index in [2.05, 4.69) is 0 Å². The van der Waals surface area contributed by atoms with Crippen molar-refractivity contribution >= 4 is 11.6 Å². The van der Waals surface area contributed by atoms with Crippen LogP contribution in [0.1, 0.15) is 31.2 Å². The Morgan fingerprint density at radius 3 is 2.38 bits per heavy atom. The Hall–Kier alpha value is -0.810. The second-order valence-corrected chi connectivity index (χ2v) is 6.19. The number of alkyl halides is 3. The molecule has 0 radical (unpaired) electrons. The fourth-order valence-corrected chi connectivity index (χ4v) is 3.19. The molecule has 0 saturated heterocycles. The fraction of sp³-hybridized carbons (Fsp3) is 0.600. The Morgan fingerprint density at radius 1 is 1.19 bits per heavy atom. The largest absolute Gasteiger partial charge is 0.391 e. The van der Waals surface area contributed by atoms with Crippen molar-refractivity contribution in [3.05, 3.63) is 34.6 Å². The fourth-order valence-electron chi connectivity index (χ4n) is 3.00. The van der Waals surface area contributed by atoms with Gasteiger partial charge in [0.1, 0.15) is 5.82 Å². The van der Waals surface area contributed by atoms with Gasteiger partial charge in [-0.3, -0.25) is 0 Å². The van der Waals surface area contributed by atoms with Gasteiger partial charge in [0.05, 0.1) is 5.92 Å². The summed E-state index contributed by atoms with van der Waals surface area (Å²) in [7, 11) is 0. The van der Waals surface area contributed by atoms with Crippen LogP contribution in [0.5, 0.6) is 0 Å². The highest BCUT2D eigenvalue weighted by Gasteiger charge is 2.42. The average Bonchev–Trinajstić information content (AvgIpc) is 2.42. The van der Waals surface area contributed by atoms with Crippen molar-refractivity contribution < 1.29 is 17.6 Å². The predicted octanol–water partition coefficient (Wildman–Crippen LogP) is 4.72. The van der Waals surface area contributed by atoms with Gasteiger partial charge >= 0.3 is 6.18 Å². The first kappa shape index (κ1) is 16.6. The first-order valence-electron chi connectivity index (χ1n) is 7.03. The quantitative estimate of drug-likeness (QED) is 0.800. The predicted molar refractivity (Wildman–Crippen MR) is 74.6 cm³/mol. The van der Waals surface area contributed by atoms with Crippen LogP contribution in [0, 0.1) is 17.7 Å². The molecule has 118 valence electrons. The minimum Gasteiger partial charge on any atom is -0.327 e. The molecule has 2 N–H and O–H groups in total. The standard InChI is InChI=1S/C15H18ClF4N/c16-12-5-6-13(17)10(7-12)8-14(21)9-1-3-11(4-2-9)15(18,19)20/h5-7,9,11,14H,1-4,8,21H2.